The van der Waals surface area contributed by atoms with Crippen molar-refractivity contribution in [3.05, 3.63) is 0 Å². The Morgan fingerprint density at radius 3 is 2.38 bits per heavy atom. The van der Waals surface area contributed by atoms with E-state index in [0.29, 0.717) is 24.8 Å². The molecule has 1 saturated heterocycles. The molecule has 1 heterocycles. The van der Waals surface area contributed by atoms with Crippen LogP contribution >= 0.6 is 0 Å². The van der Waals surface area contributed by atoms with Crippen molar-refractivity contribution in [3.63, 3.8) is 0 Å². The minimum Gasteiger partial charge on any atom is -0.342 e. The maximum absolute atomic E-state index is 12.0. The van der Waals surface area contributed by atoms with E-state index in [1.807, 2.05) is 13.8 Å². The van der Waals surface area contributed by atoms with Crippen LogP contribution in [0.4, 0.5) is 0 Å². The predicted molar refractivity (Wildman–Crippen MR) is 66.8 cm³/mol. The van der Waals surface area contributed by atoms with Crippen molar-refractivity contribution in [3.8, 4) is 0 Å². The minimum absolute atomic E-state index is 0.0237. The van der Waals surface area contributed by atoms with Gasteiger partial charge in [0.2, 0.25) is 5.91 Å². The zero-order valence-corrected chi connectivity index (χ0v) is 11.2. The summed E-state index contributed by atoms with van der Waals surface area (Å²) in [6.45, 7) is 8.96. The van der Waals surface area contributed by atoms with Gasteiger partial charge >= 0.3 is 0 Å². The van der Waals surface area contributed by atoms with E-state index in [4.69, 9.17) is 0 Å². The van der Waals surface area contributed by atoms with E-state index in [2.05, 4.69) is 5.32 Å². The standard InChI is InChI=1S/C11H22N2O2S/c1-4-13(5-2)11(14)9(3)16(15)8-10-6-12-7-10/h9-10,12H,4-8H2,1-3H3. The van der Waals surface area contributed by atoms with Crippen molar-refractivity contribution in [1.29, 1.82) is 0 Å². The lowest BCUT2D eigenvalue weighted by atomic mass is 10.1. The largest absolute Gasteiger partial charge is 0.342 e. The molecule has 0 aliphatic carbocycles. The molecule has 2 atom stereocenters. The van der Waals surface area contributed by atoms with E-state index in [1.54, 1.807) is 11.8 Å². The number of carbonyl (C=O) groups is 1. The van der Waals surface area contributed by atoms with Gasteiger partial charge in [0.1, 0.15) is 5.25 Å². The van der Waals surface area contributed by atoms with Crippen LogP contribution in [0.2, 0.25) is 0 Å². The van der Waals surface area contributed by atoms with Crippen molar-refractivity contribution in [2.24, 2.45) is 5.92 Å². The molecule has 2 unspecified atom stereocenters. The second-order valence-electron chi connectivity index (χ2n) is 4.22. The number of hydrogen-bond acceptors (Lipinski definition) is 3. The first-order valence-electron chi connectivity index (χ1n) is 5.96. The van der Waals surface area contributed by atoms with Crippen LogP contribution in [0.3, 0.4) is 0 Å². The molecule has 1 fully saturated rings. The van der Waals surface area contributed by atoms with E-state index in [0.717, 1.165) is 13.1 Å². The lowest BCUT2D eigenvalue weighted by Crippen LogP contribution is -2.47. The second-order valence-corrected chi connectivity index (χ2v) is 6.03. The fourth-order valence-electron chi connectivity index (χ4n) is 1.75. The van der Waals surface area contributed by atoms with E-state index in [9.17, 15) is 9.00 Å². The zero-order valence-electron chi connectivity index (χ0n) is 10.4. The van der Waals surface area contributed by atoms with E-state index >= 15 is 0 Å². The Morgan fingerprint density at radius 1 is 1.44 bits per heavy atom. The van der Waals surface area contributed by atoms with Gasteiger partial charge in [-0.2, -0.15) is 0 Å². The van der Waals surface area contributed by atoms with Gasteiger partial charge in [-0.25, -0.2) is 0 Å². The van der Waals surface area contributed by atoms with Crippen LogP contribution in [-0.2, 0) is 15.6 Å². The molecule has 94 valence electrons. The van der Waals surface area contributed by atoms with Crippen LogP contribution in [-0.4, -0.2) is 52.2 Å². The summed E-state index contributed by atoms with van der Waals surface area (Å²) in [6, 6.07) is 0. The number of rotatable bonds is 6. The molecule has 1 rings (SSSR count). The molecule has 1 amide bonds. The Hall–Kier alpha value is -0.420. The molecule has 0 bridgehead atoms. The van der Waals surface area contributed by atoms with Crippen molar-refractivity contribution in [2.75, 3.05) is 31.9 Å². The fourth-order valence-corrected chi connectivity index (χ4v) is 3.11. The average molecular weight is 246 g/mol. The molecule has 0 aromatic carbocycles. The van der Waals surface area contributed by atoms with Crippen LogP contribution < -0.4 is 5.32 Å². The molecule has 0 spiro atoms. The summed E-state index contributed by atoms with van der Waals surface area (Å²) in [6.07, 6.45) is 0. The minimum atomic E-state index is -1.03. The highest BCUT2D eigenvalue weighted by Crippen LogP contribution is 2.10. The summed E-state index contributed by atoms with van der Waals surface area (Å²) >= 11 is 0. The molecule has 0 radical (unpaired) electrons. The summed E-state index contributed by atoms with van der Waals surface area (Å²) in [7, 11) is -1.03. The Bertz CT molecular complexity index is 263. The van der Waals surface area contributed by atoms with Crippen LogP contribution in [0.5, 0.6) is 0 Å². The summed E-state index contributed by atoms with van der Waals surface area (Å²) in [4.78, 5) is 13.7. The maximum atomic E-state index is 12.0. The quantitative estimate of drug-likeness (QED) is 0.729. The predicted octanol–water partition coefficient (Wildman–Crippen LogP) is 0.211. The van der Waals surface area contributed by atoms with Crippen molar-refractivity contribution < 1.29 is 9.00 Å². The van der Waals surface area contributed by atoms with Gasteiger partial charge in [-0.3, -0.25) is 9.00 Å². The number of hydrogen-bond donors (Lipinski definition) is 1. The molecular formula is C11H22N2O2S. The van der Waals surface area contributed by atoms with Gasteiger partial charge in [0, 0.05) is 42.7 Å². The van der Waals surface area contributed by atoms with Crippen LogP contribution in [0.25, 0.3) is 0 Å². The Labute approximate surface area is 100 Å². The average Bonchev–Trinajstić information content (AvgIpc) is 2.23. The second kappa shape index (κ2) is 6.35. The van der Waals surface area contributed by atoms with Gasteiger partial charge in [0.25, 0.3) is 0 Å². The Morgan fingerprint density at radius 2 is 2.00 bits per heavy atom. The molecule has 5 heteroatoms. The third-order valence-corrected chi connectivity index (χ3v) is 4.87. The molecule has 1 N–H and O–H groups in total. The van der Waals surface area contributed by atoms with Gasteiger partial charge in [0.05, 0.1) is 0 Å². The fraction of sp³-hybridized carbons (Fsp3) is 0.909. The van der Waals surface area contributed by atoms with Gasteiger partial charge in [-0.05, 0) is 26.7 Å². The number of nitrogens with one attached hydrogen (secondary N) is 1. The first-order chi connectivity index (χ1) is 7.60. The van der Waals surface area contributed by atoms with Crippen molar-refractivity contribution in [2.45, 2.75) is 26.0 Å². The SMILES string of the molecule is CCN(CC)C(=O)C(C)S(=O)CC1CNC1. The number of carbonyl (C=O) groups excluding carboxylic acids is 1. The summed E-state index contributed by atoms with van der Waals surface area (Å²) in [5.74, 6) is 1.17. The lowest BCUT2D eigenvalue weighted by Gasteiger charge is -2.28. The highest BCUT2D eigenvalue weighted by atomic mass is 32.2. The lowest BCUT2D eigenvalue weighted by molar-refractivity contribution is -0.129. The summed E-state index contributed by atoms with van der Waals surface area (Å²) in [5, 5.41) is 2.79. The van der Waals surface area contributed by atoms with E-state index in [-0.39, 0.29) is 11.2 Å². The smallest absolute Gasteiger partial charge is 0.238 e. The number of nitrogens with zero attached hydrogens (tertiary/aromatic N) is 1. The molecule has 0 aromatic heterocycles. The maximum Gasteiger partial charge on any atom is 0.238 e. The molecular weight excluding hydrogens is 224 g/mol. The van der Waals surface area contributed by atoms with E-state index < -0.39 is 10.8 Å². The Balaban J connectivity index is 2.44. The normalized spacial score (nSPS) is 19.9. The van der Waals surface area contributed by atoms with Crippen molar-refractivity contribution >= 4 is 16.7 Å². The van der Waals surface area contributed by atoms with Crippen LogP contribution in [0, 0.1) is 5.92 Å². The first-order valence-corrected chi connectivity index (χ1v) is 7.35. The molecule has 0 saturated carbocycles. The van der Waals surface area contributed by atoms with Crippen molar-refractivity contribution in [1.82, 2.24) is 10.2 Å². The summed E-state index contributed by atoms with van der Waals surface area (Å²) < 4.78 is 12.0. The van der Waals surface area contributed by atoms with Gasteiger partial charge in [-0.1, -0.05) is 0 Å². The van der Waals surface area contributed by atoms with Crippen LogP contribution in [0.1, 0.15) is 20.8 Å². The van der Waals surface area contributed by atoms with Gasteiger partial charge in [0.15, 0.2) is 0 Å². The highest BCUT2D eigenvalue weighted by molar-refractivity contribution is 7.86. The Kier molecular flexibility index (Phi) is 5.41. The van der Waals surface area contributed by atoms with Gasteiger partial charge in [-0.15, -0.1) is 0 Å². The van der Waals surface area contributed by atoms with E-state index in [1.165, 1.54) is 0 Å². The van der Waals surface area contributed by atoms with Gasteiger partial charge < -0.3 is 10.2 Å². The molecule has 4 nitrogen and oxygen atoms in total. The molecule has 1 aliphatic rings. The summed E-state index contributed by atoms with van der Waals surface area (Å²) in [5.41, 5.74) is 0. The highest BCUT2D eigenvalue weighted by Gasteiger charge is 2.27. The first kappa shape index (κ1) is 13.6. The molecule has 0 aromatic rings. The molecule has 16 heavy (non-hydrogen) atoms. The number of amides is 1. The monoisotopic (exact) mass is 246 g/mol. The topological polar surface area (TPSA) is 49.4 Å². The molecule has 1 aliphatic heterocycles. The third-order valence-electron chi connectivity index (χ3n) is 3.08. The third kappa shape index (κ3) is 3.28. The zero-order chi connectivity index (χ0) is 12.1. The van der Waals surface area contributed by atoms with Crippen LogP contribution in [0.15, 0.2) is 0 Å².